The molecule has 1 aromatic heterocycles. The predicted octanol–water partition coefficient (Wildman–Crippen LogP) is 2.21. The van der Waals surface area contributed by atoms with Gasteiger partial charge in [0.05, 0.1) is 12.2 Å². The molecule has 0 spiro atoms. The van der Waals surface area contributed by atoms with Gasteiger partial charge in [0, 0.05) is 11.8 Å². The van der Waals surface area contributed by atoms with Crippen LogP contribution in [0.3, 0.4) is 0 Å². The van der Waals surface area contributed by atoms with E-state index in [1.807, 2.05) is 20.8 Å². The van der Waals surface area contributed by atoms with Crippen molar-refractivity contribution < 1.29 is 9.47 Å². The molecule has 0 radical (unpaired) electrons. The lowest BCUT2D eigenvalue weighted by atomic mass is 10.2. The minimum absolute atomic E-state index is 0.113. The molecule has 18 heavy (non-hydrogen) atoms. The number of rotatable bonds is 5. The van der Waals surface area contributed by atoms with Crippen LogP contribution in [0.1, 0.15) is 26.3 Å². The molecule has 0 saturated carbocycles. The Balaban J connectivity index is 2.58. The fourth-order valence-corrected chi connectivity index (χ4v) is 1.49. The Morgan fingerprint density at radius 2 is 2.11 bits per heavy atom. The van der Waals surface area contributed by atoms with E-state index < -0.39 is 0 Å². The van der Waals surface area contributed by atoms with Crippen molar-refractivity contribution >= 4 is 17.4 Å². The molecule has 5 nitrogen and oxygen atoms in total. The van der Waals surface area contributed by atoms with Gasteiger partial charge in [-0.25, -0.2) is 4.98 Å². The van der Waals surface area contributed by atoms with Gasteiger partial charge >= 0.3 is 0 Å². The van der Waals surface area contributed by atoms with Gasteiger partial charge in [-0.1, -0.05) is 11.6 Å². The molecule has 3 N–H and O–H groups in total. The summed E-state index contributed by atoms with van der Waals surface area (Å²) >= 11 is 6.02. The number of nitrogens with two attached hydrogens (primary N) is 1. The van der Waals surface area contributed by atoms with E-state index in [1.165, 1.54) is 6.20 Å². The molecule has 0 saturated heterocycles. The van der Waals surface area contributed by atoms with Crippen LogP contribution in [0.15, 0.2) is 12.3 Å². The number of amidine groups is 1. The van der Waals surface area contributed by atoms with E-state index in [4.69, 9.17) is 32.2 Å². The summed E-state index contributed by atoms with van der Waals surface area (Å²) in [6.07, 6.45) is 1.50. The Bertz CT molecular complexity index is 430. The van der Waals surface area contributed by atoms with Crippen LogP contribution in [0.25, 0.3) is 0 Å². The number of pyridine rings is 1. The molecule has 0 aliphatic rings. The summed E-state index contributed by atoms with van der Waals surface area (Å²) in [4.78, 5) is 3.99. The molecule has 0 aliphatic heterocycles. The van der Waals surface area contributed by atoms with Crippen molar-refractivity contribution in [2.75, 3.05) is 13.2 Å². The highest BCUT2D eigenvalue weighted by Crippen LogP contribution is 2.25. The SMILES string of the molecule is CC(C)(C)OCCOc1nccc(C(=N)N)c1Cl. The van der Waals surface area contributed by atoms with Gasteiger partial charge in [0.25, 0.3) is 0 Å². The second-order valence-electron chi connectivity index (χ2n) is 4.70. The Morgan fingerprint density at radius 3 is 2.67 bits per heavy atom. The van der Waals surface area contributed by atoms with E-state index in [2.05, 4.69) is 4.98 Å². The van der Waals surface area contributed by atoms with Crippen molar-refractivity contribution in [1.29, 1.82) is 5.41 Å². The van der Waals surface area contributed by atoms with Crippen molar-refractivity contribution in [2.45, 2.75) is 26.4 Å². The number of nitrogen functional groups attached to an aromatic ring is 1. The molecule has 0 aromatic carbocycles. The van der Waals surface area contributed by atoms with Gasteiger partial charge in [-0.05, 0) is 26.8 Å². The fourth-order valence-electron chi connectivity index (χ4n) is 1.22. The third-order valence-corrected chi connectivity index (χ3v) is 2.37. The second-order valence-corrected chi connectivity index (χ2v) is 5.08. The monoisotopic (exact) mass is 271 g/mol. The van der Waals surface area contributed by atoms with Gasteiger partial charge in [-0.2, -0.15) is 0 Å². The second kappa shape index (κ2) is 6.02. The molecule has 0 atom stereocenters. The molecule has 1 heterocycles. The van der Waals surface area contributed by atoms with Crippen molar-refractivity contribution in [3.05, 3.63) is 22.8 Å². The maximum atomic E-state index is 7.35. The molecule has 0 amide bonds. The fraction of sp³-hybridized carbons (Fsp3) is 0.500. The summed E-state index contributed by atoms with van der Waals surface area (Å²) < 4.78 is 10.9. The zero-order chi connectivity index (χ0) is 13.8. The predicted molar refractivity (Wildman–Crippen MR) is 71.5 cm³/mol. The Hall–Kier alpha value is -1.33. The van der Waals surface area contributed by atoms with Crippen molar-refractivity contribution in [3.8, 4) is 5.88 Å². The number of ether oxygens (including phenoxy) is 2. The molecule has 0 aliphatic carbocycles. The molecule has 0 fully saturated rings. The van der Waals surface area contributed by atoms with Crippen LogP contribution in [0, 0.1) is 5.41 Å². The topological polar surface area (TPSA) is 81.2 Å². The van der Waals surface area contributed by atoms with Crippen LogP contribution < -0.4 is 10.5 Å². The summed E-state index contributed by atoms with van der Waals surface area (Å²) in [7, 11) is 0. The van der Waals surface area contributed by atoms with Crippen LogP contribution in [0.4, 0.5) is 0 Å². The maximum Gasteiger partial charge on any atom is 0.233 e. The highest BCUT2D eigenvalue weighted by Gasteiger charge is 2.12. The van der Waals surface area contributed by atoms with Crippen LogP contribution in [-0.2, 0) is 4.74 Å². The average molecular weight is 272 g/mol. The summed E-state index contributed by atoms with van der Waals surface area (Å²) in [5.74, 6) is 0.153. The number of nitrogens with one attached hydrogen (secondary N) is 1. The Kier molecular flexibility index (Phi) is 4.93. The van der Waals surface area contributed by atoms with Gasteiger partial charge in [-0.3, -0.25) is 5.41 Å². The van der Waals surface area contributed by atoms with Crippen molar-refractivity contribution in [3.63, 3.8) is 0 Å². The Morgan fingerprint density at radius 1 is 1.44 bits per heavy atom. The highest BCUT2D eigenvalue weighted by atomic mass is 35.5. The zero-order valence-electron chi connectivity index (χ0n) is 10.8. The first-order chi connectivity index (χ1) is 8.31. The Labute approximate surface area is 112 Å². The summed E-state index contributed by atoms with van der Waals surface area (Å²) in [5.41, 5.74) is 5.59. The molecular weight excluding hydrogens is 254 g/mol. The van der Waals surface area contributed by atoms with E-state index in [0.29, 0.717) is 18.8 Å². The maximum absolute atomic E-state index is 7.35. The van der Waals surface area contributed by atoms with E-state index in [9.17, 15) is 0 Å². The minimum Gasteiger partial charge on any atom is -0.474 e. The smallest absolute Gasteiger partial charge is 0.233 e. The number of hydrogen-bond acceptors (Lipinski definition) is 4. The van der Waals surface area contributed by atoms with E-state index in [1.54, 1.807) is 6.07 Å². The van der Waals surface area contributed by atoms with E-state index in [0.717, 1.165) is 0 Å². The largest absolute Gasteiger partial charge is 0.474 e. The summed E-state index contributed by atoms with van der Waals surface area (Å²) in [6, 6.07) is 1.57. The molecule has 0 bridgehead atoms. The summed E-state index contributed by atoms with van der Waals surface area (Å²) in [5, 5.41) is 7.60. The van der Waals surface area contributed by atoms with Gasteiger partial charge in [0.15, 0.2) is 0 Å². The average Bonchev–Trinajstić information content (AvgIpc) is 2.24. The van der Waals surface area contributed by atoms with Crippen LogP contribution in [0.5, 0.6) is 5.88 Å². The molecule has 100 valence electrons. The third kappa shape index (κ3) is 4.50. The number of halogens is 1. The van der Waals surface area contributed by atoms with Gasteiger partial charge < -0.3 is 15.2 Å². The third-order valence-electron chi connectivity index (χ3n) is 2.00. The lowest BCUT2D eigenvalue weighted by molar-refractivity contribution is -0.0167. The lowest BCUT2D eigenvalue weighted by Crippen LogP contribution is -2.22. The van der Waals surface area contributed by atoms with E-state index in [-0.39, 0.29) is 22.3 Å². The van der Waals surface area contributed by atoms with Crippen LogP contribution >= 0.6 is 11.6 Å². The first-order valence-electron chi connectivity index (χ1n) is 5.57. The quantitative estimate of drug-likeness (QED) is 0.489. The number of aromatic nitrogens is 1. The normalized spacial score (nSPS) is 11.3. The zero-order valence-corrected chi connectivity index (χ0v) is 11.5. The van der Waals surface area contributed by atoms with Gasteiger partial charge in [0.1, 0.15) is 17.5 Å². The first-order valence-corrected chi connectivity index (χ1v) is 5.95. The summed E-state index contributed by atoms with van der Waals surface area (Å²) in [6.45, 7) is 6.68. The van der Waals surface area contributed by atoms with E-state index >= 15 is 0 Å². The van der Waals surface area contributed by atoms with Gasteiger partial charge in [-0.15, -0.1) is 0 Å². The highest BCUT2D eigenvalue weighted by molar-refractivity contribution is 6.35. The minimum atomic E-state index is -0.207. The standard InChI is InChI=1S/C12H18ClN3O2/c1-12(2,3)18-7-6-17-11-9(13)8(10(14)15)4-5-16-11/h4-5H,6-7H2,1-3H3,(H3,14,15). The van der Waals surface area contributed by atoms with Gasteiger partial charge in [0.2, 0.25) is 5.88 Å². The van der Waals surface area contributed by atoms with Crippen LogP contribution in [-0.4, -0.2) is 29.6 Å². The molecular formula is C12H18ClN3O2. The van der Waals surface area contributed by atoms with Crippen molar-refractivity contribution in [1.82, 2.24) is 4.98 Å². The number of hydrogen-bond donors (Lipinski definition) is 2. The lowest BCUT2D eigenvalue weighted by Gasteiger charge is -2.19. The molecule has 1 aromatic rings. The van der Waals surface area contributed by atoms with Crippen molar-refractivity contribution in [2.24, 2.45) is 5.73 Å². The first kappa shape index (κ1) is 14.7. The molecule has 1 rings (SSSR count). The molecule has 0 unspecified atom stereocenters. The number of nitrogens with zero attached hydrogens (tertiary/aromatic N) is 1. The van der Waals surface area contributed by atoms with Crippen LogP contribution in [0.2, 0.25) is 5.02 Å². The molecule has 6 heteroatoms.